The number of benzene rings is 3. The summed E-state index contributed by atoms with van der Waals surface area (Å²) in [5, 5.41) is 1.74. The molecular weight excluding hydrogens is 349 g/mol. The highest BCUT2D eigenvalue weighted by atomic mass is 19.4. The van der Waals surface area contributed by atoms with E-state index in [4.69, 9.17) is 13.9 Å². The molecule has 0 spiro atoms. The standard InChI is InChI=1S/C19H9F3O4/c20-19(21,22)10-2-3-11-14(6-10)26-13-4-1-9-5-15-16(25-8-24-15)7-12(9)17(13)18(11)23/h1-7H,8H2. The molecule has 0 atom stereocenters. The van der Waals surface area contributed by atoms with Crippen molar-refractivity contribution in [2.45, 2.75) is 6.18 Å². The summed E-state index contributed by atoms with van der Waals surface area (Å²) >= 11 is 0. The third-order valence-corrected chi connectivity index (χ3v) is 4.48. The maximum absolute atomic E-state index is 12.9. The van der Waals surface area contributed by atoms with Crippen LogP contribution in [0.4, 0.5) is 13.2 Å². The Bertz CT molecular complexity index is 1270. The van der Waals surface area contributed by atoms with Crippen molar-refractivity contribution in [2.75, 3.05) is 6.79 Å². The fourth-order valence-electron chi connectivity index (χ4n) is 3.24. The summed E-state index contributed by atoms with van der Waals surface area (Å²) in [7, 11) is 0. The molecule has 0 saturated heterocycles. The van der Waals surface area contributed by atoms with Gasteiger partial charge in [-0.15, -0.1) is 0 Å². The summed E-state index contributed by atoms with van der Waals surface area (Å²) in [5.74, 6) is 1.09. The lowest BCUT2D eigenvalue weighted by Crippen LogP contribution is -2.07. The van der Waals surface area contributed by atoms with Crippen LogP contribution in [-0.4, -0.2) is 6.79 Å². The molecule has 3 aromatic carbocycles. The molecule has 26 heavy (non-hydrogen) atoms. The van der Waals surface area contributed by atoms with Crippen molar-refractivity contribution < 1.29 is 27.1 Å². The Balaban J connectivity index is 1.89. The second-order valence-corrected chi connectivity index (χ2v) is 6.01. The molecule has 4 aromatic rings. The lowest BCUT2D eigenvalue weighted by molar-refractivity contribution is -0.137. The Morgan fingerprint density at radius 2 is 1.62 bits per heavy atom. The second kappa shape index (κ2) is 4.91. The van der Waals surface area contributed by atoms with Crippen LogP contribution in [0.15, 0.2) is 51.7 Å². The molecule has 2 heterocycles. The van der Waals surface area contributed by atoms with Gasteiger partial charge in [0.25, 0.3) is 0 Å². The summed E-state index contributed by atoms with van der Waals surface area (Å²) in [4.78, 5) is 12.9. The number of rotatable bonds is 0. The van der Waals surface area contributed by atoms with Gasteiger partial charge >= 0.3 is 6.18 Å². The number of hydrogen-bond acceptors (Lipinski definition) is 4. The quantitative estimate of drug-likeness (QED) is 0.333. The Morgan fingerprint density at radius 3 is 2.38 bits per heavy atom. The van der Waals surface area contributed by atoms with Gasteiger partial charge in [0.15, 0.2) is 11.5 Å². The lowest BCUT2D eigenvalue weighted by atomic mass is 10.0. The number of ether oxygens (including phenoxy) is 2. The number of alkyl halides is 3. The van der Waals surface area contributed by atoms with Gasteiger partial charge in [-0.2, -0.15) is 13.2 Å². The highest BCUT2D eigenvalue weighted by Gasteiger charge is 2.31. The van der Waals surface area contributed by atoms with Crippen molar-refractivity contribution in [3.63, 3.8) is 0 Å². The molecule has 0 bridgehead atoms. The van der Waals surface area contributed by atoms with Crippen LogP contribution >= 0.6 is 0 Å². The third kappa shape index (κ3) is 2.06. The first-order chi connectivity index (χ1) is 12.4. The first-order valence-electron chi connectivity index (χ1n) is 7.72. The summed E-state index contributed by atoms with van der Waals surface area (Å²) in [6.07, 6.45) is -4.51. The fraction of sp³-hybridized carbons (Fsp3) is 0.105. The topological polar surface area (TPSA) is 48.7 Å². The minimum absolute atomic E-state index is 0.0932. The van der Waals surface area contributed by atoms with Crippen LogP contribution in [0.2, 0.25) is 0 Å². The molecule has 0 aliphatic carbocycles. The molecule has 1 aliphatic heterocycles. The number of hydrogen-bond donors (Lipinski definition) is 0. The molecule has 0 unspecified atom stereocenters. The van der Waals surface area contributed by atoms with Gasteiger partial charge < -0.3 is 13.9 Å². The molecule has 130 valence electrons. The van der Waals surface area contributed by atoms with Gasteiger partial charge in [-0.3, -0.25) is 4.79 Å². The normalized spacial score (nSPS) is 13.8. The van der Waals surface area contributed by atoms with E-state index in [1.807, 2.05) is 0 Å². The van der Waals surface area contributed by atoms with E-state index >= 15 is 0 Å². The van der Waals surface area contributed by atoms with E-state index in [2.05, 4.69) is 0 Å². The van der Waals surface area contributed by atoms with Crippen LogP contribution in [-0.2, 0) is 6.18 Å². The lowest BCUT2D eigenvalue weighted by Gasteiger charge is -2.09. The van der Waals surface area contributed by atoms with E-state index in [0.717, 1.165) is 23.6 Å². The maximum Gasteiger partial charge on any atom is 0.416 e. The molecule has 0 saturated carbocycles. The summed E-state index contributed by atoms with van der Waals surface area (Å²) in [6.45, 7) is 0.0986. The number of fused-ring (bicyclic) bond motifs is 5. The molecule has 0 N–H and O–H groups in total. The van der Waals surface area contributed by atoms with E-state index < -0.39 is 11.7 Å². The van der Waals surface area contributed by atoms with E-state index in [-0.39, 0.29) is 28.8 Å². The van der Waals surface area contributed by atoms with Crippen LogP contribution in [0.25, 0.3) is 32.7 Å². The Labute approximate surface area is 143 Å². The van der Waals surface area contributed by atoms with Crippen molar-refractivity contribution in [2.24, 2.45) is 0 Å². The van der Waals surface area contributed by atoms with Crippen molar-refractivity contribution in [3.05, 3.63) is 58.3 Å². The summed E-state index contributed by atoms with van der Waals surface area (Å²) in [5.41, 5.74) is -1.14. The van der Waals surface area contributed by atoms with Crippen molar-refractivity contribution in [3.8, 4) is 11.5 Å². The Kier molecular flexibility index (Phi) is 2.84. The molecule has 7 heteroatoms. The predicted octanol–water partition coefficient (Wildman–Crippen LogP) is 4.85. The van der Waals surface area contributed by atoms with E-state index in [1.165, 1.54) is 0 Å². The summed E-state index contributed by atoms with van der Waals surface area (Å²) < 4.78 is 55.1. The largest absolute Gasteiger partial charge is 0.456 e. The first-order valence-corrected chi connectivity index (χ1v) is 7.72. The average molecular weight is 358 g/mol. The van der Waals surface area contributed by atoms with Crippen LogP contribution in [0.1, 0.15) is 5.56 Å². The van der Waals surface area contributed by atoms with Gasteiger partial charge in [-0.1, -0.05) is 6.07 Å². The summed E-state index contributed by atoms with van der Waals surface area (Å²) in [6, 6.07) is 9.61. The molecule has 0 amide bonds. The highest BCUT2D eigenvalue weighted by Crippen LogP contribution is 2.38. The van der Waals surface area contributed by atoms with E-state index in [1.54, 1.807) is 24.3 Å². The van der Waals surface area contributed by atoms with Crippen LogP contribution in [0.5, 0.6) is 11.5 Å². The number of halogens is 3. The molecule has 1 aromatic heterocycles. The van der Waals surface area contributed by atoms with E-state index in [0.29, 0.717) is 22.3 Å². The van der Waals surface area contributed by atoms with Gasteiger partial charge in [0, 0.05) is 5.39 Å². The second-order valence-electron chi connectivity index (χ2n) is 6.01. The fourth-order valence-corrected chi connectivity index (χ4v) is 3.24. The monoisotopic (exact) mass is 358 g/mol. The van der Waals surface area contributed by atoms with Crippen molar-refractivity contribution >= 4 is 32.7 Å². The molecule has 1 aliphatic rings. The van der Waals surface area contributed by atoms with Crippen LogP contribution < -0.4 is 14.9 Å². The van der Waals surface area contributed by atoms with Crippen molar-refractivity contribution in [1.82, 2.24) is 0 Å². The van der Waals surface area contributed by atoms with Gasteiger partial charge in [0.2, 0.25) is 12.2 Å². The predicted molar refractivity (Wildman–Crippen MR) is 88.6 cm³/mol. The van der Waals surface area contributed by atoms with Gasteiger partial charge in [0.1, 0.15) is 11.2 Å². The molecule has 4 nitrogen and oxygen atoms in total. The minimum atomic E-state index is -4.51. The van der Waals surface area contributed by atoms with Crippen LogP contribution in [0.3, 0.4) is 0 Å². The zero-order valence-corrected chi connectivity index (χ0v) is 13.0. The van der Waals surface area contributed by atoms with Gasteiger partial charge in [-0.05, 0) is 41.8 Å². The SMILES string of the molecule is O=c1c2ccc(C(F)(F)F)cc2oc2ccc3cc4c(cc3c12)OCO4. The van der Waals surface area contributed by atoms with Crippen LogP contribution in [0, 0.1) is 0 Å². The Morgan fingerprint density at radius 1 is 0.846 bits per heavy atom. The third-order valence-electron chi connectivity index (χ3n) is 4.48. The zero-order chi connectivity index (χ0) is 18.1. The Hall–Kier alpha value is -3.22. The maximum atomic E-state index is 12.9. The molecule has 0 fully saturated rings. The zero-order valence-electron chi connectivity index (χ0n) is 13.0. The molecule has 0 radical (unpaired) electrons. The van der Waals surface area contributed by atoms with Gasteiger partial charge in [0.05, 0.1) is 16.3 Å². The van der Waals surface area contributed by atoms with Crippen molar-refractivity contribution in [1.29, 1.82) is 0 Å². The minimum Gasteiger partial charge on any atom is -0.456 e. The smallest absolute Gasteiger partial charge is 0.416 e. The highest BCUT2D eigenvalue weighted by molar-refractivity contribution is 6.09. The molecular formula is C19H9F3O4. The van der Waals surface area contributed by atoms with E-state index in [9.17, 15) is 18.0 Å². The molecule has 5 rings (SSSR count). The van der Waals surface area contributed by atoms with Gasteiger partial charge in [-0.25, -0.2) is 0 Å². The average Bonchev–Trinajstić information content (AvgIpc) is 3.05. The first kappa shape index (κ1) is 15.1.